The quantitative estimate of drug-likeness (QED) is 0.566. The maximum Gasteiger partial charge on any atom is 0.0710 e. The second-order valence-corrected chi connectivity index (χ2v) is 4.95. The van der Waals surface area contributed by atoms with Crippen molar-refractivity contribution in [3.63, 3.8) is 0 Å². The molecule has 1 aromatic carbocycles. The SMILES string of the molecule is Cc1ccc2c(c1)c1c3c(nccn32)CCC1.[Cl-]. The Kier molecular flexibility index (Phi) is 2.56. The molecule has 1 aliphatic rings. The van der Waals surface area contributed by atoms with Crippen molar-refractivity contribution in [1.29, 1.82) is 0 Å². The Hall–Kier alpha value is -1.54. The van der Waals surface area contributed by atoms with Crippen LogP contribution in [0.1, 0.15) is 23.2 Å². The van der Waals surface area contributed by atoms with Crippen LogP contribution in [0.2, 0.25) is 0 Å². The minimum Gasteiger partial charge on any atom is -1.00 e. The molecule has 92 valence electrons. The fourth-order valence-electron chi connectivity index (χ4n) is 3.08. The monoisotopic (exact) mass is 257 g/mol. The minimum atomic E-state index is 0. The van der Waals surface area contributed by atoms with Gasteiger partial charge in [0.05, 0.1) is 16.7 Å². The number of nitrogens with zero attached hydrogens (tertiary/aromatic N) is 2. The molecule has 3 aromatic rings. The lowest BCUT2D eigenvalue weighted by Gasteiger charge is -2.11. The van der Waals surface area contributed by atoms with Crippen molar-refractivity contribution in [2.75, 3.05) is 0 Å². The van der Waals surface area contributed by atoms with Crippen molar-refractivity contribution in [2.45, 2.75) is 26.2 Å². The van der Waals surface area contributed by atoms with Crippen LogP contribution in [-0.2, 0) is 12.8 Å². The van der Waals surface area contributed by atoms with Crippen molar-refractivity contribution in [3.8, 4) is 0 Å². The molecule has 0 aliphatic heterocycles. The van der Waals surface area contributed by atoms with Gasteiger partial charge in [-0.2, -0.15) is 0 Å². The molecule has 0 bridgehead atoms. The molecule has 0 saturated carbocycles. The van der Waals surface area contributed by atoms with E-state index in [2.05, 4.69) is 40.7 Å². The van der Waals surface area contributed by atoms with Gasteiger partial charge in [0.1, 0.15) is 0 Å². The van der Waals surface area contributed by atoms with Crippen LogP contribution in [0.15, 0.2) is 30.6 Å². The summed E-state index contributed by atoms with van der Waals surface area (Å²) in [4.78, 5) is 4.53. The van der Waals surface area contributed by atoms with Crippen LogP contribution in [-0.4, -0.2) is 9.38 Å². The van der Waals surface area contributed by atoms with Crippen LogP contribution >= 0.6 is 0 Å². The van der Waals surface area contributed by atoms with Gasteiger partial charge in [0.25, 0.3) is 0 Å². The maximum absolute atomic E-state index is 4.53. The third-order valence-electron chi connectivity index (χ3n) is 3.82. The molecule has 2 nitrogen and oxygen atoms in total. The Morgan fingerprint density at radius 2 is 2.11 bits per heavy atom. The Morgan fingerprint density at radius 3 is 3.00 bits per heavy atom. The summed E-state index contributed by atoms with van der Waals surface area (Å²) in [6, 6.07) is 6.74. The number of rotatable bonds is 0. The zero-order valence-electron chi connectivity index (χ0n) is 10.3. The number of hydrogen-bond donors (Lipinski definition) is 0. The Bertz CT molecular complexity index is 743. The standard InChI is InChI=1S/C15H14N2.ClH/c1-10-5-6-14-12(9-10)11-3-2-4-13-15(11)17(14)8-7-16-13;/h5-9H,2-4H2,1H3;1H/p-1. The number of halogens is 1. The third kappa shape index (κ3) is 1.39. The molecule has 0 atom stereocenters. The Morgan fingerprint density at radius 1 is 1.22 bits per heavy atom. The molecule has 3 heteroatoms. The molecular formula is C15H14ClN2-. The van der Waals surface area contributed by atoms with Gasteiger partial charge in [0.15, 0.2) is 0 Å². The van der Waals surface area contributed by atoms with Gasteiger partial charge in [0.2, 0.25) is 0 Å². The van der Waals surface area contributed by atoms with Crippen LogP contribution < -0.4 is 12.4 Å². The molecule has 0 saturated heterocycles. The molecule has 2 aromatic heterocycles. The summed E-state index contributed by atoms with van der Waals surface area (Å²) in [5, 5.41) is 1.42. The molecule has 18 heavy (non-hydrogen) atoms. The van der Waals surface area contributed by atoms with Crippen molar-refractivity contribution in [3.05, 3.63) is 47.4 Å². The smallest absolute Gasteiger partial charge is 0.0710 e. The third-order valence-corrected chi connectivity index (χ3v) is 3.82. The van der Waals surface area contributed by atoms with E-state index in [-0.39, 0.29) is 12.4 Å². The highest BCUT2D eigenvalue weighted by Gasteiger charge is 2.18. The van der Waals surface area contributed by atoms with Crippen LogP contribution in [0.5, 0.6) is 0 Å². The molecule has 4 rings (SSSR count). The highest BCUT2D eigenvalue weighted by Crippen LogP contribution is 2.33. The van der Waals surface area contributed by atoms with Crippen LogP contribution in [0.3, 0.4) is 0 Å². The van der Waals surface area contributed by atoms with E-state index in [0.717, 1.165) is 6.42 Å². The number of aryl methyl sites for hydroxylation is 3. The van der Waals surface area contributed by atoms with Gasteiger partial charge in [-0.3, -0.25) is 4.98 Å². The first kappa shape index (κ1) is 11.5. The van der Waals surface area contributed by atoms with E-state index in [1.165, 1.54) is 46.1 Å². The van der Waals surface area contributed by atoms with E-state index < -0.39 is 0 Å². The molecule has 0 N–H and O–H groups in total. The normalized spacial score (nSPS) is 13.8. The molecule has 0 radical (unpaired) electrons. The lowest BCUT2D eigenvalue weighted by atomic mass is 9.97. The van der Waals surface area contributed by atoms with E-state index in [9.17, 15) is 0 Å². The summed E-state index contributed by atoms with van der Waals surface area (Å²) in [6.07, 6.45) is 7.55. The predicted molar refractivity (Wildman–Crippen MR) is 69.5 cm³/mol. The van der Waals surface area contributed by atoms with E-state index in [0.29, 0.717) is 0 Å². The number of benzene rings is 1. The van der Waals surface area contributed by atoms with E-state index in [1.54, 1.807) is 0 Å². The minimum absolute atomic E-state index is 0. The van der Waals surface area contributed by atoms with Gasteiger partial charge in [-0.05, 0) is 43.9 Å². The van der Waals surface area contributed by atoms with Crippen LogP contribution in [0, 0.1) is 6.92 Å². The molecule has 1 aliphatic carbocycles. The maximum atomic E-state index is 4.53. The molecule has 0 amide bonds. The number of fused-ring (bicyclic) bond motifs is 3. The fraction of sp³-hybridized carbons (Fsp3) is 0.267. The van der Waals surface area contributed by atoms with E-state index >= 15 is 0 Å². The van der Waals surface area contributed by atoms with Crippen molar-refractivity contribution < 1.29 is 12.4 Å². The molecule has 0 fully saturated rings. The fourth-order valence-corrected chi connectivity index (χ4v) is 3.08. The van der Waals surface area contributed by atoms with Crippen LogP contribution in [0.4, 0.5) is 0 Å². The first-order valence-electron chi connectivity index (χ1n) is 6.22. The summed E-state index contributed by atoms with van der Waals surface area (Å²) in [7, 11) is 0. The summed E-state index contributed by atoms with van der Waals surface area (Å²) >= 11 is 0. The zero-order chi connectivity index (χ0) is 11.4. The van der Waals surface area contributed by atoms with Gasteiger partial charge in [0, 0.05) is 17.8 Å². The predicted octanol–water partition coefficient (Wildman–Crippen LogP) is 0.289. The van der Waals surface area contributed by atoms with Gasteiger partial charge in [-0.1, -0.05) is 11.6 Å². The van der Waals surface area contributed by atoms with Gasteiger partial charge >= 0.3 is 0 Å². The lowest BCUT2D eigenvalue weighted by Crippen LogP contribution is -3.00. The highest BCUT2D eigenvalue weighted by molar-refractivity contribution is 5.93. The second kappa shape index (κ2) is 3.99. The van der Waals surface area contributed by atoms with Gasteiger partial charge in [-0.15, -0.1) is 0 Å². The summed E-state index contributed by atoms with van der Waals surface area (Å²) in [6.45, 7) is 2.16. The van der Waals surface area contributed by atoms with Gasteiger partial charge in [-0.25, -0.2) is 0 Å². The second-order valence-electron chi connectivity index (χ2n) is 4.95. The average Bonchev–Trinajstić information content (AvgIpc) is 2.67. The average molecular weight is 258 g/mol. The first-order valence-corrected chi connectivity index (χ1v) is 6.22. The topological polar surface area (TPSA) is 17.3 Å². The molecule has 0 spiro atoms. The van der Waals surface area contributed by atoms with Crippen molar-refractivity contribution in [2.24, 2.45) is 0 Å². The van der Waals surface area contributed by atoms with Crippen LogP contribution in [0.25, 0.3) is 16.4 Å². The van der Waals surface area contributed by atoms with E-state index in [4.69, 9.17) is 0 Å². The largest absolute Gasteiger partial charge is 1.00 e. The van der Waals surface area contributed by atoms with Crippen molar-refractivity contribution >= 4 is 16.4 Å². The van der Waals surface area contributed by atoms with E-state index in [1.807, 2.05) is 6.20 Å². The van der Waals surface area contributed by atoms with Crippen molar-refractivity contribution in [1.82, 2.24) is 9.38 Å². The summed E-state index contributed by atoms with van der Waals surface area (Å²) in [5.74, 6) is 0. The van der Waals surface area contributed by atoms with Gasteiger partial charge < -0.3 is 16.8 Å². The summed E-state index contributed by atoms with van der Waals surface area (Å²) in [5.41, 5.74) is 6.79. The molecule has 0 unspecified atom stereocenters. The summed E-state index contributed by atoms with van der Waals surface area (Å²) < 4.78 is 2.31. The Balaban J connectivity index is 0.000001000. The zero-order valence-corrected chi connectivity index (χ0v) is 11.0. The molecule has 2 heterocycles. The highest BCUT2D eigenvalue weighted by atomic mass is 35.5. The lowest BCUT2D eigenvalue weighted by molar-refractivity contribution is -0.00000349. The number of aromatic nitrogens is 2. The number of hydrogen-bond acceptors (Lipinski definition) is 1. The molecular weight excluding hydrogens is 244 g/mol. The Labute approximate surface area is 112 Å². The first-order chi connectivity index (χ1) is 8.34.